The van der Waals surface area contributed by atoms with Gasteiger partial charge in [0.05, 0.1) is 0 Å². The van der Waals surface area contributed by atoms with E-state index < -0.39 is 0 Å². The van der Waals surface area contributed by atoms with Gasteiger partial charge in [-0.3, -0.25) is 4.99 Å². The number of halogens is 1. The topological polar surface area (TPSA) is 36.4 Å². The van der Waals surface area contributed by atoms with Crippen LogP contribution >= 0.6 is 0 Å². The van der Waals surface area contributed by atoms with Gasteiger partial charge in [0.15, 0.2) is 5.96 Å². The number of guanidine groups is 1. The molecule has 0 aliphatic heterocycles. The van der Waals surface area contributed by atoms with Crippen LogP contribution in [0.4, 0.5) is 4.39 Å². The van der Waals surface area contributed by atoms with E-state index in [1.807, 2.05) is 13.0 Å². The first-order valence-corrected chi connectivity index (χ1v) is 6.95. The van der Waals surface area contributed by atoms with Crippen LogP contribution in [0.15, 0.2) is 29.3 Å². The normalized spacial score (nSPS) is 13.2. The molecule has 0 saturated carbocycles. The van der Waals surface area contributed by atoms with Crippen molar-refractivity contribution >= 4 is 5.96 Å². The predicted molar refractivity (Wildman–Crippen MR) is 79.0 cm³/mol. The van der Waals surface area contributed by atoms with E-state index in [-0.39, 0.29) is 5.82 Å². The van der Waals surface area contributed by atoms with Crippen LogP contribution in [-0.4, -0.2) is 25.1 Å². The molecule has 0 aromatic heterocycles. The van der Waals surface area contributed by atoms with Crippen molar-refractivity contribution in [2.24, 2.45) is 4.99 Å². The van der Waals surface area contributed by atoms with Gasteiger partial charge >= 0.3 is 0 Å². The minimum atomic E-state index is -0.155. The molecule has 1 atom stereocenters. The van der Waals surface area contributed by atoms with Crippen molar-refractivity contribution in [2.75, 3.05) is 13.1 Å². The lowest BCUT2D eigenvalue weighted by molar-refractivity contribution is 0.607. The maximum Gasteiger partial charge on any atom is 0.191 e. The molecular formula is C15H24FN3. The lowest BCUT2D eigenvalue weighted by Crippen LogP contribution is -2.42. The second kappa shape index (κ2) is 8.51. The number of nitrogens with zero attached hydrogens (tertiary/aromatic N) is 1. The van der Waals surface area contributed by atoms with Crippen molar-refractivity contribution in [2.45, 2.75) is 39.7 Å². The third-order valence-electron chi connectivity index (χ3n) is 2.95. The molecule has 0 heterocycles. The van der Waals surface area contributed by atoms with Crippen molar-refractivity contribution < 1.29 is 4.39 Å². The summed E-state index contributed by atoms with van der Waals surface area (Å²) in [5.74, 6) is 0.644. The lowest BCUT2D eigenvalue weighted by Gasteiger charge is -2.16. The highest BCUT2D eigenvalue weighted by atomic mass is 19.1. The minimum absolute atomic E-state index is 0.155. The van der Waals surface area contributed by atoms with Gasteiger partial charge in [-0.15, -0.1) is 0 Å². The van der Waals surface area contributed by atoms with Crippen molar-refractivity contribution in [3.05, 3.63) is 35.6 Å². The molecule has 0 fully saturated rings. The van der Waals surface area contributed by atoms with E-state index in [9.17, 15) is 4.39 Å². The number of hydrogen-bond donors (Lipinski definition) is 2. The fraction of sp³-hybridized carbons (Fsp3) is 0.533. The fourth-order valence-corrected chi connectivity index (χ4v) is 1.64. The first kappa shape index (κ1) is 15.5. The molecule has 106 valence electrons. The summed E-state index contributed by atoms with van der Waals surface area (Å²) in [5.41, 5.74) is 0.714. The molecule has 0 spiro atoms. The molecule has 0 aliphatic carbocycles. The fourth-order valence-electron chi connectivity index (χ4n) is 1.64. The summed E-state index contributed by atoms with van der Waals surface area (Å²) >= 11 is 0. The van der Waals surface area contributed by atoms with Crippen molar-refractivity contribution in [3.8, 4) is 0 Å². The molecule has 0 amide bonds. The molecule has 1 unspecified atom stereocenters. The first-order valence-electron chi connectivity index (χ1n) is 6.95. The van der Waals surface area contributed by atoms with Crippen LogP contribution in [0.1, 0.15) is 32.8 Å². The first-order chi connectivity index (χ1) is 9.17. The molecule has 0 aliphatic rings. The molecular weight excluding hydrogens is 241 g/mol. The van der Waals surface area contributed by atoms with Crippen molar-refractivity contribution in [3.63, 3.8) is 0 Å². The maximum absolute atomic E-state index is 13.4. The van der Waals surface area contributed by atoms with E-state index in [2.05, 4.69) is 29.5 Å². The Morgan fingerprint density at radius 1 is 1.32 bits per heavy atom. The van der Waals surface area contributed by atoms with Crippen LogP contribution < -0.4 is 10.6 Å². The number of hydrogen-bond acceptors (Lipinski definition) is 1. The molecule has 19 heavy (non-hydrogen) atoms. The third-order valence-corrected chi connectivity index (χ3v) is 2.95. The predicted octanol–water partition coefficient (Wildman–Crippen LogP) is 2.72. The Bertz CT molecular complexity index is 404. The van der Waals surface area contributed by atoms with Gasteiger partial charge in [0.2, 0.25) is 0 Å². The SMILES string of the molecule is CCNC(=NCCc1ccccc1F)NC(C)CC. The summed E-state index contributed by atoms with van der Waals surface area (Å²) in [6, 6.07) is 7.23. The zero-order valence-corrected chi connectivity index (χ0v) is 12.0. The monoisotopic (exact) mass is 265 g/mol. The quantitative estimate of drug-likeness (QED) is 0.613. The van der Waals surface area contributed by atoms with Gasteiger partial charge in [0.25, 0.3) is 0 Å². The highest BCUT2D eigenvalue weighted by molar-refractivity contribution is 5.80. The standard InChI is InChI=1S/C15H24FN3/c1-4-12(3)19-15(17-5-2)18-11-10-13-8-6-7-9-14(13)16/h6-9,12H,4-5,10-11H2,1-3H3,(H2,17,18,19). The van der Waals surface area contributed by atoms with E-state index in [1.54, 1.807) is 12.1 Å². The average molecular weight is 265 g/mol. The second-order valence-electron chi connectivity index (χ2n) is 4.56. The number of benzene rings is 1. The molecule has 3 nitrogen and oxygen atoms in total. The molecule has 4 heteroatoms. The van der Waals surface area contributed by atoms with Crippen LogP contribution in [-0.2, 0) is 6.42 Å². The summed E-state index contributed by atoms with van der Waals surface area (Å²) < 4.78 is 13.4. The average Bonchev–Trinajstić information content (AvgIpc) is 2.41. The van der Waals surface area contributed by atoms with Gasteiger partial charge < -0.3 is 10.6 Å². The number of aliphatic imine (C=N–C) groups is 1. The third kappa shape index (κ3) is 5.73. The van der Waals surface area contributed by atoms with Gasteiger partial charge in [-0.25, -0.2) is 4.39 Å². The highest BCUT2D eigenvalue weighted by Gasteiger charge is 2.03. The Kier molecular flexibility index (Phi) is 6.93. The Balaban J connectivity index is 2.53. The summed E-state index contributed by atoms with van der Waals surface area (Å²) in [7, 11) is 0. The Labute approximate surface area is 115 Å². The van der Waals surface area contributed by atoms with E-state index in [0.717, 1.165) is 18.9 Å². The Morgan fingerprint density at radius 3 is 2.68 bits per heavy atom. The zero-order valence-electron chi connectivity index (χ0n) is 12.0. The summed E-state index contributed by atoms with van der Waals surface area (Å²) in [5, 5.41) is 6.51. The molecule has 1 rings (SSSR count). The molecule has 0 bridgehead atoms. The zero-order chi connectivity index (χ0) is 14.1. The highest BCUT2D eigenvalue weighted by Crippen LogP contribution is 2.06. The summed E-state index contributed by atoms with van der Waals surface area (Å²) in [4.78, 5) is 4.47. The van der Waals surface area contributed by atoms with Gasteiger partial charge in [-0.2, -0.15) is 0 Å². The summed E-state index contributed by atoms with van der Waals surface area (Å²) in [6.45, 7) is 7.67. The molecule has 1 aromatic carbocycles. The van der Waals surface area contributed by atoms with Gasteiger partial charge in [-0.1, -0.05) is 25.1 Å². The van der Waals surface area contributed by atoms with Gasteiger partial charge in [0.1, 0.15) is 5.82 Å². The largest absolute Gasteiger partial charge is 0.357 e. The number of rotatable bonds is 6. The van der Waals surface area contributed by atoms with Crippen molar-refractivity contribution in [1.29, 1.82) is 0 Å². The van der Waals surface area contributed by atoms with E-state index in [4.69, 9.17) is 0 Å². The van der Waals surface area contributed by atoms with E-state index in [1.165, 1.54) is 6.07 Å². The van der Waals surface area contributed by atoms with Gasteiger partial charge in [-0.05, 0) is 38.3 Å². The molecule has 1 aromatic rings. The second-order valence-corrected chi connectivity index (χ2v) is 4.56. The van der Waals surface area contributed by atoms with Crippen molar-refractivity contribution in [1.82, 2.24) is 10.6 Å². The van der Waals surface area contributed by atoms with E-state index in [0.29, 0.717) is 24.6 Å². The lowest BCUT2D eigenvalue weighted by atomic mass is 10.1. The molecule has 2 N–H and O–H groups in total. The van der Waals surface area contributed by atoms with Crippen LogP contribution in [0.5, 0.6) is 0 Å². The van der Waals surface area contributed by atoms with Crippen LogP contribution in [0.25, 0.3) is 0 Å². The smallest absolute Gasteiger partial charge is 0.191 e. The molecule has 0 saturated heterocycles. The van der Waals surface area contributed by atoms with Crippen LogP contribution in [0.3, 0.4) is 0 Å². The van der Waals surface area contributed by atoms with E-state index >= 15 is 0 Å². The molecule has 0 radical (unpaired) electrons. The Hall–Kier alpha value is -1.58. The maximum atomic E-state index is 13.4. The van der Waals surface area contributed by atoms with Crippen LogP contribution in [0.2, 0.25) is 0 Å². The number of nitrogens with one attached hydrogen (secondary N) is 2. The van der Waals surface area contributed by atoms with Crippen LogP contribution in [0, 0.1) is 5.82 Å². The van der Waals surface area contributed by atoms with Gasteiger partial charge in [0, 0.05) is 19.1 Å². The Morgan fingerprint density at radius 2 is 2.05 bits per heavy atom. The minimum Gasteiger partial charge on any atom is -0.357 e. The summed E-state index contributed by atoms with van der Waals surface area (Å²) in [6.07, 6.45) is 1.65.